The minimum atomic E-state index is -5.00. The maximum absolute atomic E-state index is 13.8. The maximum atomic E-state index is 13.8. The van der Waals surface area contributed by atoms with Crippen LogP contribution in [0.15, 0.2) is 75.9 Å². The van der Waals surface area contributed by atoms with E-state index in [0.717, 1.165) is 18.1 Å². The molecule has 1 amide bonds. The molecule has 0 saturated carbocycles. The fourth-order valence-electron chi connectivity index (χ4n) is 3.46. The van der Waals surface area contributed by atoms with Crippen LogP contribution < -0.4 is 25.0 Å². The van der Waals surface area contributed by atoms with Crippen LogP contribution in [0.2, 0.25) is 0 Å². The van der Waals surface area contributed by atoms with E-state index in [1.165, 1.54) is 31.4 Å². The lowest BCUT2D eigenvalue weighted by Gasteiger charge is -2.14. The van der Waals surface area contributed by atoms with E-state index in [-0.39, 0.29) is 22.5 Å². The zero-order valence-electron chi connectivity index (χ0n) is 19.8. The van der Waals surface area contributed by atoms with E-state index >= 15 is 0 Å². The van der Waals surface area contributed by atoms with Gasteiger partial charge in [0.2, 0.25) is 11.2 Å². The fraction of sp³-hybridized carbons (Fsp3) is 0.185. The Morgan fingerprint density at radius 1 is 0.946 bits per heavy atom. The van der Waals surface area contributed by atoms with Crippen molar-refractivity contribution < 1.29 is 36.6 Å². The van der Waals surface area contributed by atoms with Gasteiger partial charge in [-0.05, 0) is 60.5 Å². The van der Waals surface area contributed by atoms with Crippen molar-refractivity contribution in [3.63, 3.8) is 0 Å². The summed E-state index contributed by atoms with van der Waals surface area (Å²) >= 11 is 0. The van der Waals surface area contributed by atoms with Crippen LogP contribution in [0.25, 0.3) is 11.0 Å². The van der Waals surface area contributed by atoms with Gasteiger partial charge in [0.05, 0.1) is 12.5 Å². The molecule has 0 aliphatic heterocycles. The van der Waals surface area contributed by atoms with Gasteiger partial charge in [0, 0.05) is 11.8 Å². The number of benzene rings is 3. The third-order valence-corrected chi connectivity index (χ3v) is 5.37. The second kappa shape index (κ2) is 10.7. The van der Waals surface area contributed by atoms with Crippen molar-refractivity contribution >= 4 is 22.6 Å². The second-order valence-electron chi connectivity index (χ2n) is 7.91. The molecule has 1 N–H and O–H groups in total. The van der Waals surface area contributed by atoms with Crippen molar-refractivity contribution in [3.05, 3.63) is 88.3 Å². The van der Waals surface area contributed by atoms with Gasteiger partial charge in [0.25, 0.3) is 11.7 Å². The van der Waals surface area contributed by atoms with Crippen LogP contribution in [-0.4, -0.2) is 19.6 Å². The number of hydrogen-bond donors (Lipinski definition) is 1. The number of methoxy groups -OCH3 is 1. The summed E-state index contributed by atoms with van der Waals surface area (Å²) in [7, 11) is 1.52. The molecule has 10 heteroatoms. The molecule has 4 rings (SSSR count). The first-order valence-electron chi connectivity index (χ1n) is 11.2. The smallest absolute Gasteiger partial charge is 0.453 e. The summed E-state index contributed by atoms with van der Waals surface area (Å²) < 4.78 is 62.2. The number of hydrogen-bond acceptors (Lipinski definition) is 6. The molecule has 1 heterocycles. The highest BCUT2D eigenvalue weighted by Crippen LogP contribution is 2.38. The molecule has 3 aromatic carbocycles. The number of ether oxygens (including phenoxy) is 3. The molecule has 1 aromatic heterocycles. The summed E-state index contributed by atoms with van der Waals surface area (Å²) in [6.07, 6.45) is -4.26. The Morgan fingerprint density at radius 2 is 1.59 bits per heavy atom. The summed E-state index contributed by atoms with van der Waals surface area (Å²) in [6, 6.07) is 16.7. The van der Waals surface area contributed by atoms with Crippen LogP contribution in [0.3, 0.4) is 0 Å². The highest BCUT2D eigenvalue weighted by Gasteiger charge is 2.40. The molecule has 0 aliphatic rings. The summed E-state index contributed by atoms with van der Waals surface area (Å²) in [5.74, 6) is -2.31. The van der Waals surface area contributed by atoms with E-state index < -0.39 is 35.6 Å². The first-order valence-corrected chi connectivity index (χ1v) is 11.2. The predicted octanol–water partition coefficient (Wildman–Crippen LogP) is 6.19. The zero-order valence-corrected chi connectivity index (χ0v) is 19.8. The van der Waals surface area contributed by atoms with Crippen LogP contribution in [0, 0.1) is 0 Å². The summed E-state index contributed by atoms with van der Waals surface area (Å²) in [6.45, 7) is 1.50. The summed E-state index contributed by atoms with van der Waals surface area (Å²) in [5.41, 5.74) is 0.112. The monoisotopic (exact) mass is 513 g/mol. The molecule has 7 nitrogen and oxygen atoms in total. The molecule has 0 spiro atoms. The predicted molar refractivity (Wildman–Crippen MR) is 130 cm³/mol. The SMILES string of the molecule is CCc1ccc(Oc2c(C(F)(F)F)oc3cc(OCC(=O)Nc4ccc(OC)cc4)ccc3c2=O)cc1. The van der Waals surface area contributed by atoms with Crippen molar-refractivity contribution in [2.45, 2.75) is 19.5 Å². The summed E-state index contributed by atoms with van der Waals surface area (Å²) in [5, 5.41) is 2.48. The number of fused-ring (bicyclic) bond motifs is 1. The first kappa shape index (κ1) is 25.6. The molecule has 0 unspecified atom stereocenters. The Kier molecular flexibility index (Phi) is 7.37. The van der Waals surface area contributed by atoms with Gasteiger partial charge in [-0.2, -0.15) is 13.2 Å². The van der Waals surface area contributed by atoms with Gasteiger partial charge in [-0.1, -0.05) is 19.1 Å². The van der Waals surface area contributed by atoms with Crippen LogP contribution in [0.4, 0.5) is 18.9 Å². The number of anilines is 1. The van der Waals surface area contributed by atoms with Gasteiger partial charge in [0.15, 0.2) is 6.61 Å². The fourth-order valence-corrected chi connectivity index (χ4v) is 3.46. The quantitative estimate of drug-likeness (QED) is 0.302. The first-order chi connectivity index (χ1) is 17.7. The number of alkyl halides is 3. The van der Waals surface area contributed by atoms with E-state index in [0.29, 0.717) is 11.4 Å². The van der Waals surface area contributed by atoms with Gasteiger partial charge < -0.3 is 23.9 Å². The molecule has 0 fully saturated rings. The average Bonchev–Trinajstić information content (AvgIpc) is 2.89. The second-order valence-corrected chi connectivity index (χ2v) is 7.91. The Morgan fingerprint density at radius 3 is 2.22 bits per heavy atom. The van der Waals surface area contributed by atoms with E-state index in [9.17, 15) is 22.8 Å². The molecule has 0 saturated heterocycles. The molecular weight excluding hydrogens is 491 g/mol. The number of carbonyl (C=O) groups excluding carboxylic acids is 1. The Labute approximate surface area is 209 Å². The molecule has 0 bridgehead atoms. The van der Waals surface area contributed by atoms with Crippen molar-refractivity contribution in [1.29, 1.82) is 0 Å². The van der Waals surface area contributed by atoms with E-state index in [1.807, 2.05) is 6.92 Å². The molecule has 0 radical (unpaired) electrons. The number of nitrogens with one attached hydrogen (secondary N) is 1. The third-order valence-electron chi connectivity index (χ3n) is 5.37. The van der Waals surface area contributed by atoms with E-state index in [1.54, 1.807) is 36.4 Å². The Hall–Kier alpha value is -4.47. The Bertz CT molecular complexity index is 1460. The third kappa shape index (κ3) is 6.03. The minimum Gasteiger partial charge on any atom is -0.497 e. The van der Waals surface area contributed by atoms with Gasteiger partial charge >= 0.3 is 6.18 Å². The number of carbonyl (C=O) groups is 1. The zero-order chi connectivity index (χ0) is 26.6. The van der Waals surface area contributed by atoms with Crippen molar-refractivity contribution in [2.24, 2.45) is 0 Å². The molecule has 0 atom stereocenters. The maximum Gasteiger partial charge on any atom is 0.453 e. The number of amides is 1. The van der Waals surface area contributed by atoms with Crippen LogP contribution in [0.1, 0.15) is 18.2 Å². The number of rotatable bonds is 8. The number of aryl methyl sites for hydroxylation is 1. The standard InChI is InChI=1S/C27H22F3NO6/c1-3-16-4-8-19(9-5-16)36-25-24(33)21-13-12-20(14-22(21)37-26(25)27(28,29)30)35-15-23(32)31-17-6-10-18(34-2)11-7-17/h4-14H,3,15H2,1-2H3,(H,31,32). The Balaban J connectivity index is 1.56. The minimum absolute atomic E-state index is 0.0393. The van der Waals surface area contributed by atoms with Crippen molar-refractivity contribution in [2.75, 3.05) is 19.0 Å². The van der Waals surface area contributed by atoms with Gasteiger partial charge in [-0.25, -0.2) is 0 Å². The van der Waals surface area contributed by atoms with Crippen LogP contribution >= 0.6 is 0 Å². The number of halogens is 3. The molecule has 37 heavy (non-hydrogen) atoms. The topological polar surface area (TPSA) is 87.0 Å². The van der Waals surface area contributed by atoms with Crippen molar-refractivity contribution in [1.82, 2.24) is 0 Å². The average molecular weight is 513 g/mol. The lowest BCUT2D eigenvalue weighted by Crippen LogP contribution is -2.20. The largest absolute Gasteiger partial charge is 0.497 e. The molecule has 4 aromatic rings. The van der Waals surface area contributed by atoms with Crippen LogP contribution in [0.5, 0.6) is 23.0 Å². The highest BCUT2D eigenvalue weighted by molar-refractivity contribution is 5.92. The van der Waals surface area contributed by atoms with Gasteiger partial charge in [-0.3, -0.25) is 9.59 Å². The lowest BCUT2D eigenvalue weighted by atomic mass is 10.1. The molecule has 0 aliphatic carbocycles. The highest BCUT2D eigenvalue weighted by atomic mass is 19.4. The van der Waals surface area contributed by atoms with Gasteiger partial charge in [0.1, 0.15) is 22.8 Å². The van der Waals surface area contributed by atoms with Crippen molar-refractivity contribution in [3.8, 4) is 23.0 Å². The van der Waals surface area contributed by atoms with Gasteiger partial charge in [-0.15, -0.1) is 0 Å². The molecular formula is C27H22F3NO6. The lowest BCUT2D eigenvalue weighted by molar-refractivity contribution is -0.154. The summed E-state index contributed by atoms with van der Waals surface area (Å²) in [4.78, 5) is 25.1. The van der Waals surface area contributed by atoms with E-state index in [2.05, 4.69) is 5.32 Å². The van der Waals surface area contributed by atoms with E-state index in [4.69, 9.17) is 18.6 Å². The molecule has 192 valence electrons. The van der Waals surface area contributed by atoms with Crippen LogP contribution in [-0.2, 0) is 17.4 Å². The normalized spacial score (nSPS) is 11.3.